The molecule has 176 valence electrons. The van der Waals surface area contributed by atoms with Crippen LogP contribution >= 0.6 is 0 Å². The molecule has 10 heteroatoms. The summed E-state index contributed by atoms with van der Waals surface area (Å²) < 4.78 is 41.0. The monoisotopic (exact) mass is 460 g/mol. The molecule has 0 spiro atoms. The van der Waals surface area contributed by atoms with Gasteiger partial charge < -0.3 is 15.3 Å². The van der Waals surface area contributed by atoms with E-state index in [1.54, 1.807) is 20.0 Å². The number of anilines is 2. The van der Waals surface area contributed by atoms with Gasteiger partial charge in [0.15, 0.2) is 0 Å². The number of aliphatic hydroxyl groups excluding tert-OH is 1. The maximum Gasteiger partial charge on any atom is 0.266 e. The number of piperazine rings is 1. The van der Waals surface area contributed by atoms with E-state index in [1.807, 2.05) is 6.07 Å². The van der Waals surface area contributed by atoms with Crippen molar-refractivity contribution in [3.63, 3.8) is 0 Å². The van der Waals surface area contributed by atoms with Crippen molar-refractivity contribution < 1.29 is 18.3 Å². The van der Waals surface area contributed by atoms with Crippen molar-refractivity contribution >= 4 is 22.5 Å². The standard InChI is InChI=1S/C23H27F3N6O/c1-14(16-4-3-5-17(21(16)24)22(25)26)28-23-18-12-20(27-13-19(18)29-15(2)30-23)32-8-6-31(7-9-32)10-11-33/h3-5,12-14,22,33H,6-11H2,1-2H3,(H,28,29,30). The maximum absolute atomic E-state index is 14.7. The normalized spacial score (nSPS) is 15.9. The number of aryl methyl sites for hydroxylation is 1. The molecule has 2 N–H and O–H groups in total. The van der Waals surface area contributed by atoms with Gasteiger partial charge in [0.2, 0.25) is 0 Å². The highest BCUT2D eigenvalue weighted by atomic mass is 19.3. The van der Waals surface area contributed by atoms with Crippen LogP contribution in [0.4, 0.5) is 24.8 Å². The van der Waals surface area contributed by atoms with Crippen molar-refractivity contribution in [2.45, 2.75) is 26.3 Å². The van der Waals surface area contributed by atoms with Gasteiger partial charge in [-0.2, -0.15) is 0 Å². The van der Waals surface area contributed by atoms with E-state index >= 15 is 0 Å². The molecule has 0 aliphatic carbocycles. The molecular formula is C23H27F3N6O. The Morgan fingerprint density at radius 2 is 1.85 bits per heavy atom. The Labute approximate surface area is 190 Å². The lowest BCUT2D eigenvalue weighted by Gasteiger charge is -2.35. The Kier molecular flexibility index (Phi) is 6.94. The van der Waals surface area contributed by atoms with Crippen LogP contribution in [0.25, 0.3) is 10.9 Å². The Balaban J connectivity index is 1.62. The van der Waals surface area contributed by atoms with Gasteiger partial charge in [0.05, 0.1) is 29.9 Å². The number of hydrogen-bond acceptors (Lipinski definition) is 7. The number of rotatable bonds is 7. The number of β-amino-alcohol motifs (C(OH)–C–C–N with tert-alkyl or cyclic N) is 1. The summed E-state index contributed by atoms with van der Waals surface area (Å²) in [5.74, 6) is 0.881. The van der Waals surface area contributed by atoms with Crippen LogP contribution in [0.1, 0.15) is 36.3 Å². The third-order valence-corrected chi connectivity index (χ3v) is 5.91. The highest BCUT2D eigenvalue weighted by molar-refractivity contribution is 5.90. The summed E-state index contributed by atoms with van der Waals surface area (Å²) in [4.78, 5) is 17.9. The van der Waals surface area contributed by atoms with Crippen molar-refractivity contribution in [3.8, 4) is 0 Å². The van der Waals surface area contributed by atoms with Crippen molar-refractivity contribution in [2.75, 3.05) is 49.5 Å². The second kappa shape index (κ2) is 9.88. The number of halogens is 3. The van der Waals surface area contributed by atoms with Crippen LogP contribution in [0.5, 0.6) is 0 Å². The first-order valence-electron chi connectivity index (χ1n) is 10.9. The Bertz CT molecular complexity index is 1120. The predicted molar refractivity (Wildman–Crippen MR) is 121 cm³/mol. The molecule has 2 aromatic heterocycles. The van der Waals surface area contributed by atoms with E-state index in [0.29, 0.717) is 23.7 Å². The Morgan fingerprint density at radius 1 is 1.12 bits per heavy atom. The number of benzene rings is 1. The lowest BCUT2D eigenvalue weighted by atomic mass is 10.0. The van der Waals surface area contributed by atoms with Crippen LogP contribution in [0.2, 0.25) is 0 Å². The van der Waals surface area contributed by atoms with Crippen LogP contribution in [0.3, 0.4) is 0 Å². The average Bonchev–Trinajstić information content (AvgIpc) is 2.79. The smallest absolute Gasteiger partial charge is 0.266 e. The Hall–Kier alpha value is -2.98. The molecule has 3 aromatic rings. The predicted octanol–water partition coefficient (Wildman–Crippen LogP) is 3.70. The van der Waals surface area contributed by atoms with Gasteiger partial charge in [-0.25, -0.2) is 28.1 Å². The van der Waals surface area contributed by atoms with Crippen molar-refractivity contribution in [3.05, 3.63) is 53.2 Å². The largest absolute Gasteiger partial charge is 0.395 e. The molecule has 1 aromatic carbocycles. The molecular weight excluding hydrogens is 433 g/mol. The number of fused-ring (bicyclic) bond motifs is 1. The van der Waals surface area contributed by atoms with E-state index in [2.05, 4.69) is 30.1 Å². The highest BCUT2D eigenvalue weighted by Gasteiger charge is 2.22. The van der Waals surface area contributed by atoms with Gasteiger partial charge in [-0.3, -0.25) is 4.90 Å². The van der Waals surface area contributed by atoms with E-state index in [0.717, 1.165) is 43.4 Å². The fraction of sp³-hybridized carbons (Fsp3) is 0.435. The number of pyridine rings is 1. The van der Waals surface area contributed by atoms with Gasteiger partial charge in [0.1, 0.15) is 23.3 Å². The molecule has 1 unspecified atom stereocenters. The molecule has 0 radical (unpaired) electrons. The van der Waals surface area contributed by atoms with E-state index in [1.165, 1.54) is 12.1 Å². The number of aliphatic hydroxyl groups is 1. The van der Waals surface area contributed by atoms with Crippen molar-refractivity contribution in [2.24, 2.45) is 0 Å². The zero-order valence-corrected chi connectivity index (χ0v) is 18.6. The minimum atomic E-state index is -2.88. The molecule has 1 atom stereocenters. The fourth-order valence-corrected chi connectivity index (χ4v) is 4.12. The molecule has 1 saturated heterocycles. The third kappa shape index (κ3) is 5.01. The maximum atomic E-state index is 14.7. The van der Waals surface area contributed by atoms with Crippen LogP contribution in [-0.2, 0) is 0 Å². The molecule has 0 amide bonds. The molecule has 7 nitrogen and oxygen atoms in total. The molecule has 1 fully saturated rings. The minimum absolute atomic E-state index is 0.138. The van der Waals surface area contributed by atoms with Crippen LogP contribution < -0.4 is 10.2 Å². The summed E-state index contributed by atoms with van der Waals surface area (Å²) in [6, 6.07) is 5.32. The quantitative estimate of drug-likeness (QED) is 0.557. The number of hydrogen-bond donors (Lipinski definition) is 2. The SMILES string of the molecule is Cc1nc(NC(C)c2cccc(C(F)F)c2F)c2cc(N3CCN(CCO)CC3)ncc2n1. The van der Waals surface area contributed by atoms with Gasteiger partial charge in [-0.05, 0) is 19.9 Å². The van der Waals surface area contributed by atoms with E-state index in [-0.39, 0.29) is 12.2 Å². The van der Waals surface area contributed by atoms with Gasteiger partial charge >= 0.3 is 0 Å². The van der Waals surface area contributed by atoms with E-state index in [9.17, 15) is 13.2 Å². The highest BCUT2D eigenvalue weighted by Crippen LogP contribution is 2.31. The number of alkyl halides is 2. The lowest BCUT2D eigenvalue weighted by molar-refractivity contribution is 0.146. The van der Waals surface area contributed by atoms with Crippen LogP contribution in [0, 0.1) is 12.7 Å². The number of aromatic nitrogens is 3. The molecule has 0 bridgehead atoms. The fourth-order valence-electron chi connectivity index (χ4n) is 4.12. The van der Waals surface area contributed by atoms with Gasteiger partial charge in [-0.1, -0.05) is 18.2 Å². The van der Waals surface area contributed by atoms with Gasteiger partial charge in [0, 0.05) is 43.7 Å². The first-order chi connectivity index (χ1) is 15.9. The summed E-state index contributed by atoms with van der Waals surface area (Å²) >= 11 is 0. The Morgan fingerprint density at radius 3 is 2.55 bits per heavy atom. The summed E-state index contributed by atoms with van der Waals surface area (Å²) in [5, 5.41) is 13.0. The summed E-state index contributed by atoms with van der Waals surface area (Å²) in [6.45, 7) is 7.45. The zero-order chi connectivity index (χ0) is 23.5. The molecule has 1 aliphatic rings. The lowest BCUT2D eigenvalue weighted by Crippen LogP contribution is -2.47. The second-order valence-corrected chi connectivity index (χ2v) is 8.15. The topological polar surface area (TPSA) is 77.4 Å². The zero-order valence-electron chi connectivity index (χ0n) is 18.6. The van der Waals surface area contributed by atoms with Gasteiger partial charge in [-0.15, -0.1) is 0 Å². The third-order valence-electron chi connectivity index (χ3n) is 5.91. The molecule has 33 heavy (non-hydrogen) atoms. The second-order valence-electron chi connectivity index (χ2n) is 8.15. The summed E-state index contributed by atoms with van der Waals surface area (Å²) in [7, 11) is 0. The van der Waals surface area contributed by atoms with Crippen LogP contribution in [-0.4, -0.2) is 64.3 Å². The van der Waals surface area contributed by atoms with E-state index < -0.39 is 23.8 Å². The molecule has 0 saturated carbocycles. The summed E-state index contributed by atoms with van der Waals surface area (Å²) in [6.07, 6.45) is -1.20. The average molecular weight is 461 g/mol. The summed E-state index contributed by atoms with van der Waals surface area (Å²) in [5.41, 5.74) is 0.171. The molecule has 1 aliphatic heterocycles. The van der Waals surface area contributed by atoms with Gasteiger partial charge in [0.25, 0.3) is 6.43 Å². The first kappa shape index (κ1) is 23.2. The molecule has 4 rings (SSSR count). The number of nitrogens with one attached hydrogen (secondary N) is 1. The minimum Gasteiger partial charge on any atom is -0.395 e. The van der Waals surface area contributed by atoms with Crippen molar-refractivity contribution in [1.82, 2.24) is 19.9 Å². The number of nitrogens with zero attached hydrogens (tertiary/aromatic N) is 5. The van der Waals surface area contributed by atoms with E-state index in [4.69, 9.17) is 5.11 Å². The van der Waals surface area contributed by atoms with Crippen molar-refractivity contribution in [1.29, 1.82) is 0 Å². The van der Waals surface area contributed by atoms with Crippen LogP contribution in [0.15, 0.2) is 30.5 Å². The molecule has 3 heterocycles. The first-order valence-corrected chi connectivity index (χ1v) is 10.9.